The average molecular weight is 415 g/mol. The zero-order chi connectivity index (χ0) is 20.3. The van der Waals surface area contributed by atoms with Crippen molar-refractivity contribution in [3.63, 3.8) is 0 Å². The number of rotatable bonds is 4. The van der Waals surface area contributed by atoms with E-state index in [-0.39, 0.29) is 0 Å². The number of thiophene rings is 2. The molecule has 2 aromatic rings. The Hall–Kier alpha value is -0.903. The smallest absolute Gasteiger partial charge is 0.116 e. The van der Waals surface area contributed by atoms with Crippen molar-refractivity contribution >= 4 is 41.1 Å². The van der Waals surface area contributed by atoms with Gasteiger partial charge < -0.3 is 0 Å². The molecule has 27 heavy (non-hydrogen) atoms. The summed E-state index contributed by atoms with van der Waals surface area (Å²) >= 11 is 4.03. The van der Waals surface area contributed by atoms with Gasteiger partial charge in [0.05, 0.1) is 0 Å². The van der Waals surface area contributed by atoms with Crippen LogP contribution in [0.1, 0.15) is 84.0 Å². The van der Waals surface area contributed by atoms with Gasteiger partial charge >= 0.3 is 0 Å². The minimum atomic E-state index is -1.74. The third-order valence-corrected chi connectivity index (χ3v) is 12.4. The topological polar surface area (TPSA) is 0 Å². The average Bonchev–Trinajstić information content (AvgIpc) is 3.14. The molecule has 0 saturated heterocycles. The van der Waals surface area contributed by atoms with Gasteiger partial charge in [-0.3, -0.25) is 0 Å². The SMILES string of the molecule is CC1=C(c2cc(C(C)C)c(C)s2)[Si](C)(C)C(c2sc(C)cc2C(C)C)=C1C. The number of hydrogen-bond donors (Lipinski definition) is 0. The zero-order valence-electron chi connectivity index (χ0n) is 18.6. The third kappa shape index (κ3) is 3.36. The molecule has 0 N–H and O–H groups in total. The van der Waals surface area contributed by atoms with Crippen LogP contribution in [0.3, 0.4) is 0 Å². The van der Waals surface area contributed by atoms with Gasteiger partial charge in [0.15, 0.2) is 0 Å². The molecule has 0 bridgehead atoms. The molecule has 0 nitrogen and oxygen atoms in total. The quantitative estimate of drug-likeness (QED) is 0.439. The first-order valence-corrected chi connectivity index (χ1v) is 14.7. The van der Waals surface area contributed by atoms with Gasteiger partial charge in [0.25, 0.3) is 0 Å². The Balaban J connectivity index is 2.17. The van der Waals surface area contributed by atoms with Gasteiger partial charge in [0, 0.05) is 19.5 Å². The summed E-state index contributed by atoms with van der Waals surface area (Å²) in [7, 11) is -1.74. The Kier molecular flexibility index (Phi) is 5.53. The lowest BCUT2D eigenvalue weighted by molar-refractivity contribution is 0.864. The van der Waals surface area contributed by atoms with Crippen molar-refractivity contribution in [1.29, 1.82) is 0 Å². The molecular weight excluding hydrogens is 380 g/mol. The Labute approximate surface area is 175 Å². The fourth-order valence-corrected chi connectivity index (χ4v) is 12.8. The van der Waals surface area contributed by atoms with Crippen molar-refractivity contribution in [3.05, 3.63) is 53.9 Å². The van der Waals surface area contributed by atoms with E-state index in [1.54, 1.807) is 32.0 Å². The lowest BCUT2D eigenvalue weighted by Gasteiger charge is -2.26. The standard InChI is InChI=1S/C24H34S2Si/c1-13(2)19-12-21(26-18(19)8)23-16(6)17(7)24(27(23,9)10)22-20(14(3)4)11-15(5)25-22/h11-14H,1-10H3. The largest absolute Gasteiger partial charge is 0.141 e. The summed E-state index contributed by atoms with van der Waals surface area (Å²) in [6.45, 7) is 23.7. The van der Waals surface area contributed by atoms with E-state index in [2.05, 4.69) is 80.6 Å². The Bertz CT molecular complexity index is 945. The summed E-state index contributed by atoms with van der Waals surface area (Å²) in [4.78, 5) is 6.03. The summed E-state index contributed by atoms with van der Waals surface area (Å²) in [5.41, 5.74) is 6.16. The van der Waals surface area contributed by atoms with Gasteiger partial charge in [0.1, 0.15) is 8.07 Å². The van der Waals surface area contributed by atoms with E-state index in [0.29, 0.717) is 11.8 Å². The number of allylic oxidation sites excluding steroid dienone is 2. The highest BCUT2D eigenvalue weighted by molar-refractivity contribution is 7.22. The van der Waals surface area contributed by atoms with Gasteiger partial charge in [-0.25, -0.2) is 0 Å². The third-order valence-electron chi connectivity index (χ3n) is 6.12. The van der Waals surface area contributed by atoms with E-state index in [0.717, 1.165) is 0 Å². The van der Waals surface area contributed by atoms with Crippen LogP contribution < -0.4 is 0 Å². The summed E-state index contributed by atoms with van der Waals surface area (Å²) < 4.78 is 0. The van der Waals surface area contributed by atoms with Gasteiger partial charge in [-0.2, -0.15) is 0 Å². The van der Waals surface area contributed by atoms with Crippen LogP contribution in [0.15, 0.2) is 23.3 Å². The molecule has 0 radical (unpaired) electrons. The van der Waals surface area contributed by atoms with Crippen molar-refractivity contribution in [3.8, 4) is 0 Å². The second-order valence-electron chi connectivity index (χ2n) is 9.20. The van der Waals surface area contributed by atoms with Crippen molar-refractivity contribution in [2.24, 2.45) is 0 Å². The van der Waals surface area contributed by atoms with Gasteiger partial charge in [-0.15, -0.1) is 22.7 Å². The molecule has 0 amide bonds. The fraction of sp³-hybridized carbons (Fsp3) is 0.500. The highest BCUT2D eigenvalue weighted by Crippen LogP contribution is 2.52. The minimum Gasteiger partial charge on any atom is -0.141 e. The monoisotopic (exact) mass is 414 g/mol. The molecule has 1 aliphatic rings. The predicted molar refractivity (Wildman–Crippen MR) is 129 cm³/mol. The molecule has 3 rings (SSSR count). The normalized spacial score (nSPS) is 17.2. The highest BCUT2D eigenvalue weighted by Gasteiger charge is 2.42. The van der Waals surface area contributed by atoms with Crippen LogP contribution in [0.5, 0.6) is 0 Å². The van der Waals surface area contributed by atoms with E-state index in [1.807, 2.05) is 22.7 Å². The van der Waals surface area contributed by atoms with E-state index >= 15 is 0 Å². The molecule has 0 saturated carbocycles. The van der Waals surface area contributed by atoms with Crippen molar-refractivity contribution in [2.75, 3.05) is 0 Å². The van der Waals surface area contributed by atoms with E-state index < -0.39 is 8.07 Å². The minimum absolute atomic E-state index is 0.580. The lowest BCUT2D eigenvalue weighted by atomic mass is 10.0. The zero-order valence-corrected chi connectivity index (χ0v) is 21.3. The first kappa shape index (κ1) is 20.8. The fourth-order valence-electron chi connectivity index (χ4n) is 4.74. The van der Waals surface area contributed by atoms with Crippen LogP contribution >= 0.6 is 22.7 Å². The number of hydrogen-bond acceptors (Lipinski definition) is 2. The molecule has 0 spiro atoms. The number of aryl methyl sites for hydroxylation is 2. The predicted octanol–water partition coefficient (Wildman–Crippen LogP) is 8.72. The molecule has 3 heteroatoms. The molecule has 3 heterocycles. The summed E-state index contributed by atoms with van der Waals surface area (Å²) in [6.07, 6.45) is 0. The molecule has 0 aromatic carbocycles. The van der Waals surface area contributed by atoms with Crippen molar-refractivity contribution in [1.82, 2.24) is 0 Å². The van der Waals surface area contributed by atoms with Crippen LogP contribution in [0.25, 0.3) is 10.4 Å². The summed E-state index contributed by atoms with van der Waals surface area (Å²) in [5, 5.41) is 3.37. The van der Waals surface area contributed by atoms with Crippen molar-refractivity contribution in [2.45, 2.75) is 80.3 Å². The van der Waals surface area contributed by atoms with Crippen LogP contribution in [-0.2, 0) is 0 Å². The maximum Gasteiger partial charge on any atom is 0.116 e. The van der Waals surface area contributed by atoms with Crippen LogP contribution in [0.2, 0.25) is 13.1 Å². The molecule has 0 aliphatic carbocycles. The molecule has 1 aliphatic heterocycles. The van der Waals surface area contributed by atoms with E-state index in [1.165, 1.54) is 20.2 Å². The molecule has 0 fully saturated rings. The molecule has 2 aromatic heterocycles. The second kappa shape index (κ2) is 7.17. The lowest BCUT2D eigenvalue weighted by Crippen LogP contribution is -2.28. The van der Waals surface area contributed by atoms with Gasteiger partial charge in [0.2, 0.25) is 0 Å². The highest BCUT2D eigenvalue weighted by atomic mass is 32.1. The molecule has 0 atom stereocenters. The Morgan fingerprint density at radius 3 is 1.81 bits per heavy atom. The van der Waals surface area contributed by atoms with Gasteiger partial charge in [-0.05, 0) is 84.3 Å². The maximum absolute atomic E-state index is 2.57. The Morgan fingerprint density at radius 1 is 0.741 bits per heavy atom. The summed E-state index contributed by atoms with van der Waals surface area (Å²) in [6, 6.07) is 4.92. The van der Waals surface area contributed by atoms with Crippen LogP contribution in [0, 0.1) is 13.8 Å². The van der Waals surface area contributed by atoms with E-state index in [4.69, 9.17) is 0 Å². The molecule has 0 unspecified atom stereocenters. The van der Waals surface area contributed by atoms with Crippen LogP contribution in [0.4, 0.5) is 0 Å². The summed E-state index contributed by atoms with van der Waals surface area (Å²) in [5.74, 6) is 1.18. The first-order valence-electron chi connectivity index (χ1n) is 10.1. The molecule has 146 valence electrons. The Morgan fingerprint density at radius 2 is 1.30 bits per heavy atom. The first-order chi connectivity index (χ1) is 12.5. The molecular formula is C24H34S2Si. The second-order valence-corrected chi connectivity index (χ2v) is 16.0. The van der Waals surface area contributed by atoms with Crippen LogP contribution in [-0.4, -0.2) is 8.07 Å². The van der Waals surface area contributed by atoms with Crippen molar-refractivity contribution < 1.29 is 0 Å². The maximum atomic E-state index is 2.57. The van der Waals surface area contributed by atoms with Gasteiger partial charge in [-0.1, -0.05) is 40.8 Å². The van der Waals surface area contributed by atoms with E-state index in [9.17, 15) is 0 Å².